The minimum absolute atomic E-state index is 0.0981. The number of hydrogen-bond acceptors (Lipinski definition) is 5. The predicted molar refractivity (Wildman–Crippen MR) is 90.3 cm³/mol. The Morgan fingerprint density at radius 3 is 2.40 bits per heavy atom. The second-order valence-corrected chi connectivity index (χ2v) is 6.39. The first kappa shape index (κ1) is 18.5. The number of ether oxygens (including phenoxy) is 1. The van der Waals surface area contributed by atoms with E-state index in [0.717, 1.165) is 22.6 Å². The molecule has 0 aliphatic heterocycles. The lowest BCUT2D eigenvalue weighted by molar-refractivity contribution is -0.145. The SMILES string of the molecule is Cc1noc(C)c1COc1ccc(CC(=O)NC(C)(C)C(=O)O)cc1. The van der Waals surface area contributed by atoms with Crippen molar-refractivity contribution in [3.63, 3.8) is 0 Å². The van der Waals surface area contributed by atoms with Crippen LogP contribution in [0.1, 0.15) is 36.4 Å². The fourth-order valence-electron chi connectivity index (χ4n) is 2.20. The molecule has 1 heterocycles. The zero-order chi connectivity index (χ0) is 18.6. The van der Waals surface area contributed by atoms with Crippen molar-refractivity contribution in [1.82, 2.24) is 10.5 Å². The fraction of sp³-hybridized carbons (Fsp3) is 0.389. The highest BCUT2D eigenvalue weighted by Crippen LogP contribution is 2.18. The zero-order valence-electron chi connectivity index (χ0n) is 14.8. The van der Waals surface area contributed by atoms with Crippen LogP contribution < -0.4 is 10.1 Å². The molecule has 2 N–H and O–H groups in total. The van der Waals surface area contributed by atoms with Crippen LogP contribution in [0.4, 0.5) is 0 Å². The number of aryl methyl sites for hydroxylation is 2. The van der Waals surface area contributed by atoms with Crippen LogP contribution in [0.5, 0.6) is 5.75 Å². The summed E-state index contributed by atoms with van der Waals surface area (Å²) < 4.78 is 10.8. The molecule has 0 aliphatic carbocycles. The van der Waals surface area contributed by atoms with E-state index in [1.807, 2.05) is 13.8 Å². The van der Waals surface area contributed by atoms with Gasteiger partial charge in [0.15, 0.2) is 0 Å². The van der Waals surface area contributed by atoms with E-state index in [4.69, 9.17) is 14.4 Å². The molecule has 1 aromatic heterocycles. The van der Waals surface area contributed by atoms with Crippen LogP contribution in [-0.4, -0.2) is 27.7 Å². The van der Waals surface area contributed by atoms with Crippen molar-refractivity contribution in [2.75, 3.05) is 0 Å². The summed E-state index contributed by atoms with van der Waals surface area (Å²) in [5.74, 6) is -0.0393. The molecule has 7 heteroatoms. The van der Waals surface area contributed by atoms with Gasteiger partial charge < -0.3 is 19.7 Å². The van der Waals surface area contributed by atoms with E-state index < -0.39 is 11.5 Å². The number of benzene rings is 1. The Bertz CT molecular complexity index is 743. The van der Waals surface area contributed by atoms with E-state index in [1.165, 1.54) is 13.8 Å². The van der Waals surface area contributed by atoms with Crippen LogP contribution in [0, 0.1) is 13.8 Å². The average molecular weight is 346 g/mol. The summed E-state index contributed by atoms with van der Waals surface area (Å²) in [5.41, 5.74) is 1.18. The Morgan fingerprint density at radius 2 is 1.88 bits per heavy atom. The highest BCUT2D eigenvalue weighted by Gasteiger charge is 2.28. The van der Waals surface area contributed by atoms with Gasteiger partial charge in [0.1, 0.15) is 23.7 Å². The molecule has 134 valence electrons. The van der Waals surface area contributed by atoms with E-state index in [-0.39, 0.29) is 12.3 Å². The summed E-state index contributed by atoms with van der Waals surface area (Å²) >= 11 is 0. The Hall–Kier alpha value is -2.83. The molecule has 0 saturated heterocycles. The molecule has 7 nitrogen and oxygen atoms in total. The smallest absolute Gasteiger partial charge is 0.328 e. The van der Waals surface area contributed by atoms with Gasteiger partial charge in [-0.3, -0.25) is 4.79 Å². The molecular weight excluding hydrogens is 324 g/mol. The molecule has 0 bridgehead atoms. The standard InChI is InChI=1S/C18H22N2O5/c1-11-15(12(2)25-20-11)10-24-14-7-5-13(6-8-14)9-16(21)19-18(3,4)17(22)23/h5-8H,9-10H2,1-4H3,(H,19,21)(H,22,23). The molecule has 0 atom stereocenters. The average Bonchev–Trinajstić information content (AvgIpc) is 2.84. The summed E-state index contributed by atoms with van der Waals surface area (Å²) in [6.45, 7) is 6.93. The van der Waals surface area contributed by atoms with Crippen LogP contribution in [0.15, 0.2) is 28.8 Å². The maximum absolute atomic E-state index is 12.0. The van der Waals surface area contributed by atoms with Gasteiger partial charge in [0.25, 0.3) is 0 Å². The molecule has 2 rings (SSSR count). The number of hydrogen-bond donors (Lipinski definition) is 2. The number of amides is 1. The van der Waals surface area contributed by atoms with Crippen LogP contribution in [-0.2, 0) is 22.6 Å². The minimum atomic E-state index is -1.30. The second-order valence-electron chi connectivity index (χ2n) is 6.39. The number of carbonyl (C=O) groups excluding carboxylic acids is 1. The summed E-state index contributed by atoms with van der Waals surface area (Å²) in [5, 5.41) is 15.4. The molecular formula is C18H22N2O5. The molecule has 1 aromatic carbocycles. The van der Waals surface area contributed by atoms with Crippen molar-refractivity contribution in [2.45, 2.75) is 46.3 Å². The van der Waals surface area contributed by atoms with Gasteiger partial charge in [-0.1, -0.05) is 17.3 Å². The lowest BCUT2D eigenvalue weighted by atomic mass is 10.0. The second kappa shape index (κ2) is 7.38. The molecule has 0 spiro atoms. The van der Waals surface area contributed by atoms with Gasteiger partial charge in [-0.2, -0.15) is 0 Å². The van der Waals surface area contributed by atoms with Crippen molar-refractivity contribution in [2.24, 2.45) is 0 Å². The van der Waals surface area contributed by atoms with Gasteiger partial charge in [0, 0.05) is 0 Å². The predicted octanol–water partition coefficient (Wildman–Crippen LogP) is 2.39. The first-order chi connectivity index (χ1) is 11.7. The Balaban J connectivity index is 1.91. The largest absolute Gasteiger partial charge is 0.489 e. The van der Waals surface area contributed by atoms with E-state index in [2.05, 4.69) is 10.5 Å². The van der Waals surface area contributed by atoms with E-state index in [0.29, 0.717) is 12.4 Å². The molecule has 25 heavy (non-hydrogen) atoms. The maximum atomic E-state index is 12.0. The van der Waals surface area contributed by atoms with Crippen molar-refractivity contribution in [3.8, 4) is 5.75 Å². The molecule has 2 aromatic rings. The third-order valence-corrected chi connectivity index (χ3v) is 3.84. The summed E-state index contributed by atoms with van der Waals surface area (Å²) in [6, 6.07) is 7.08. The monoisotopic (exact) mass is 346 g/mol. The quantitative estimate of drug-likeness (QED) is 0.798. The number of rotatable bonds is 7. The summed E-state index contributed by atoms with van der Waals surface area (Å²) in [7, 11) is 0. The van der Waals surface area contributed by atoms with E-state index in [1.54, 1.807) is 24.3 Å². The van der Waals surface area contributed by atoms with E-state index >= 15 is 0 Å². The number of nitrogens with one attached hydrogen (secondary N) is 1. The number of carbonyl (C=O) groups is 2. The Morgan fingerprint density at radius 1 is 1.24 bits per heavy atom. The molecule has 0 aliphatic rings. The molecule has 0 radical (unpaired) electrons. The molecule has 0 saturated carbocycles. The molecule has 0 fully saturated rings. The third kappa shape index (κ3) is 4.82. The minimum Gasteiger partial charge on any atom is -0.489 e. The van der Waals surface area contributed by atoms with Gasteiger partial charge in [-0.15, -0.1) is 0 Å². The van der Waals surface area contributed by atoms with Gasteiger partial charge in [0.2, 0.25) is 5.91 Å². The van der Waals surface area contributed by atoms with E-state index in [9.17, 15) is 9.59 Å². The van der Waals surface area contributed by atoms with Crippen molar-refractivity contribution in [1.29, 1.82) is 0 Å². The van der Waals surface area contributed by atoms with Crippen LogP contribution in [0.3, 0.4) is 0 Å². The van der Waals surface area contributed by atoms with Crippen molar-refractivity contribution < 1.29 is 24.0 Å². The van der Waals surface area contributed by atoms with Crippen LogP contribution in [0.2, 0.25) is 0 Å². The number of carboxylic acid groups (broad SMARTS) is 1. The first-order valence-corrected chi connectivity index (χ1v) is 7.87. The normalized spacial score (nSPS) is 11.2. The third-order valence-electron chi connectivity index (χ3n) is 3.84. The highest BCUT2D eigenvalue weighted by atomic mass is 16.5. The topological polar surface area (TPSA) is 102 Å². The first-order valence-electron chi connectivity index (χ1n) is 7.87. The Kier molecular flexibility index (Phi) is 5.46. The summed E-state index contributed by atoms with van der Waals surface area (Å²) in [4.78, 5) is 23.0. The van der Waals surface area contributed by atoms with Crippen LogP contribution in [0.25, 0.3) is 0 Å². The Labute approximate surface area is 146 Å². The lowest BCUT2D eigenvalue weighted by Crippen LogP contribution is -2.50. The van der Waals surface area contributed by atoms with Gasteiger partial charge >= 0.3 is 5.97 Å². The van der Waals surface area contributed by atoms with Gasteiger partial charge in [-0.05, 0) is 45.4 Å². The highest BCUT2D eigenvalue weighted by molar-refractivity contribution is 5.87. The lowest BCUT2D eigenvalue weighted by Gasteiger charge is -2.20. The number of carboxylic acids is 1. The van der Waals surface area contributed by atoms with Gasteiger partial charge in [-0.25, -0.2) is 4.79 Å². The molecule has 1 amide bonds. The fourth-order valence-corrected chi connectivity index (χ4v) is 2.20. The summed E-state index contributed by atoms with van der Waals surface area (Å²) in [6.07, 6.45) is 0.0981. The number of aromatic nitrogens is 1. The number of aliphatic carboxylic acids is 1. The maximum Gasteiger partial charge on any atom is 0.328 e. The van der Waals surface area contributed by atoms with Gasteiger partial charge in [0.05, 0.1) is 17.7 Å². The van der Waals surface area contributed by atoms with Crippen molar-refractivity contribution >= 4 is 11.9 Å². The van der Waals surface area contributed by atoms with Crippen LogP contribution >= 0.6 is 0 Å². The number of nitrogens with zero attached hydrogens (tertiary/aromatic N) is 1. The zero-order valence-corrected chi connectivity index (χ0v) is 14.8. The van der Waals surface area contributed by atoms with Crippen molar-refractivity contribution in [3.05, 3.63) is 46.8 Å². The molecule has 0 unspecified atom stereocenters.